The molecule has 1 unspecified atom stereocenters. The summed E-state index contributed by atoms with van der Waals surface area (Å²) < 4.78 is 1.96. The van der Waals surface area contributed by atoms with Crippen molar-refractivity contribution in [3.8, 4) is 0 Å². The minimum absolute atomic E-state index is 0.316. The summed E-state index contributed by atoms with van der Waals surface area (Å²) in [4.78, 5) is 8.41. The molecule has 1 N–H and O–H groups in total. The highest BCUT2D eigenvalue weighted by atomic mass is 35.5. The van der Waals surface area contributed by atoms with Crippen LogP contribution in [0.3, 0.4) is 0 Å². The maximum Gasteiger partial charge on any atom is 0.235 e. The Morgan fingerprint density at radius 2 is 2.47 bits per heavy atom. The van der Waals surface area contributed by atoms with E-state index in [4.69, 9.17) is 11.6 Å². The lowest BCUT2D eigenvalue weighted by Gasteiger charge is -2.09. The standard InChI is InChI=1S/C10H11ClN4/c11-9-8(7-3-1-4-12-7)15-6-2-5-13-10(15)14-9/h2,5-7,12H,1,3-4H2. The van der Waals surface area contributed by atoms with Gasteiger partial charge >= 0.3 is 0 Å². The Morgan fingerprint density at radius 3 is 3.27 bits per heavy atom. The average molecular weight is 223 g/mol. The van der Waals surface area contributed by atoms with Crippen LogP contribution in [0.5, 0.6) is 0 Å². The van der Waals surface area contributed by atoms with Crippen LogP contribution in [-0.2, 0) is 0 Å². The van der Waals surface area contributed by atoms with Crippen molar-refractivity contribution in [2.45, 2.75) is 18.9 Å². The SMILES string of the molecule is Clc1nc2ncccn2c1C1CCCN1. The van der Waals surface area contributed by atoms with Crippen LogP contribution in [0.25, 0.3) is 5.78 Å². The molecule has 1 saturated heterocycles. The van der Waals surface area contributed by atoms with Crippen LogP contribution < -0.4 is 5.32 Å². The van der Waals surface area contributed by atoms with Gasteiger partial charge in [0.2, 0.25) is 5.78 Å². The maximum atomic E-state index is 6.14. The van der Waals surface area contributed by atoms with E-state index in [0.29, 0.717) is 17.0 Å². The van der Waals surface area contributed by atoms with E-state index < -0.39 is 0 Å². The van der Waals surface area contributed by atoms with Crippen LogP contribution in [0.1, 0.15) is 24.6 Å². The molecule has 0 spiro atoms. The first kappa shape index (κ1) is 9.12. The minimum Gasteiger partial charge on any atom is -0.309 e. The quantitative estimate of drug-likeness (QED) is 0.800. The van der Waals surface area contributed by atoms with E-state index in [1.807, 2.05) is 16.7 Å². The van der Waals surface area contributed by atoms with Crippen LogP contribution in [0.2, 0.25) is 5.15 Å². The zero-order chi connectivity index (χ0) is 10.3. The summed E-state index contributed by atoms with van der Waals surface area (Å²) in [6, 6.07) is 2.21. The van der Waals surface area contributed by atoms with E-state index >= 15 is 0 Å². The number of rotatable bonds is 1. The average Bonchev–Trinajstić information content (AvgIpc) is 2.82. The molecular weight excluding hydrogens is 212 g/mol. The van der Waals surface area contributed by atoms with Crippen LogP contribution in [-0.4, -0.2) is 20.9 Å². The predicted octanol–water partition coefficient (Wildman–Crippen LogP) is 1.81. The molecule has 0 aliphatic carbocycles. The van der Waals surface area contributed by atoms with Gasteiger partial charge in [-0.3, -0.25) is 4.40 Å². The minimum atomic E-state index is 0.316. The summed E-state index contributed by atoms with van der Waals surface area (Å²) in [5, 5.41) is 3.98. The number of hydrogen-bond acceptors (Lipinski definition) is 3. The van der Waals surface area contributed by atoms with Crippen molar-refractivity contribution >= 4 is 17.4 Å². The van der Waals surface area contributed by atoms with E-state index in [-0.39, 0.29) is 0 Å². The fraction of sp³-hybridized carbons (Fsp3) is 0.400. The Labute approximate surface area is 92.3 Å². The third-order valence-electron chi connectivity index (χ3n) is 2.79. The van der Waals surface area contributed by atoms with Gasteiger partial charge in [0.15, 0.2) is 5.15 Å². The van der Waals surface area contributed by atoms with E-state index in [1.165, 1.54) is 6.42 Å². The molecule has 1 atom stereocenters. The molecule has 78 valence electrons. The van der Waals surface area contributed by atoms with Gasteiger partial charge in [-0.1, -0.05) is 11.6 Å². The molecule has 5 heteroatoms. The van der Waals surface area contributed by atoms with Crippen molar-refractivity contribution in [2.24, 2.45) is 0 Å². The highest BCUT2D eigenvalue weighted by Crippen LogP contribution is 2.28. The van der Waals surface area contributed by atoms with Gasteiger partial charge in [-0.2, -0.15) is 4.98 Å². The summed E-state index contributed by atoms with van der Waals surface area (Å²) in [5.41, 5.74) is 1.04. The lowest BCUT2D eigenvalue weighted by atomic mass is 10.2. The molecule has 15 heavy (non-hydrogen) atoms. The van der Waals surface area contributed by atoms with Gasteiger partial charge in [-0.25, -0.2) is 4.98 Å². The zero-order valence-corrected chi connectivity index (χ0v) is 8.91. The first-order chi connectivity index (χ1) is 7.36. The van der Waals surface area contributed by atoms with Gasteiger partial charge in [0.25, 0.3) is 0 Å². The number of aromatic nitrogens is 3. The van der Waals surface area contributed by atoms with Gasteiger partial charge in [-0.15, -0.1) is 0 Å². The molecular formula is C10H11ClN4. The van der Waals surface area contributed by atoms with E-state index in [0.717, 1.165) is 18.7 Å². The zero-order valence-electron chi connectivity index (χ0n) is 8.15. The van der Waals surface area contributed by atoms with Crippen LogP contribution >= 0.6 is 11.6 Å². The van der Waals surface area contributed by atoms with Gasteiger partial charge < -0.3 is 5.32 Å². The maximum absolute atomic E-state index is 6.14. The summed E-state index contributed by atoms with van der Waals surface area (Å²) in [5.74, 6) is 0.672. The van der Waals surface area contributed by atoms with Crippen molar-refractivity contribution in [1.29, 1.82) is 0 Å². The van der Waals surface area contributed by atoms with Crippen LogP contribution in [0, 0.1) is 0 Å². The molecule has 2 aromatic heterocycles. The van der Waals surface area contributed by atoms with Crippen molar-refractivity contribution < 1.29 is 0 Å². The molecule has 1 aliphatic heterocycles. The Hall–Kier alpha value is -1.13. The Bertz CT molecular complexity index is 487. The second-order valence-corrected chi connectivity index (χ2v) is 4.08. The molecule has 0 bridgehead atoms. The Morgan fingerprint density at radius 1 is 1.53 bits per heavy atom. The van der Waals surface area contributed by atoms with E-state index in [1.54, 1.807) is 6.20 Å². The second kappa shape index (κ2) is 3.47. The largest absolute Gasteiger partial charge is 0.309 e. The van der Waals surface area contributed by atoms with Crippen LogP contribution in [0.4, 0.5) is 0 Å². The lowest BCUT2D eigenvalue weighted by molar-refractivity contribution is 0.622. The molecule has 1 fully saturated rings. The molecule has 3 heterocycles. The van der Waals surface area contributed by atoms with Gasteiger partial charge in [0, 0.05) is 12.4 Å². The normalized spacial score (nSPS) is 21.3. The summed E-state index contributed by atoms with van der Waals surface area (Å²) in [7, 11) is 0. The number of halogens is 1. The summed E-state index contributed by atoms with van der Waals surface area (Å²) >= 11 is 6.14. The predicted molar refractivity (Wildman–Crippen MR) is 58.0 cm³/mol. The monoisotopic (exact) mass is 222 g/mol. The molecule has 0 aromatic carbocycles. The third-order valence-corrected chi connectivity index (χ3v) is 3.06. The second-order valence-electron chi connectivity index (χ2n) is 3.73. The van der Waals surface area contributed by atoms with Gasteiger partial charge in [0.05, 0.1) is 11.7 Å². The van der Waals surface area contributed by atoms with Gasteiger partial charge in [0.1, 0.15) is 0 Å². The Balaban J connectivity index is 2.19. The summed E-state index contributed by atoms with van der Waals surface area (Å²) in [6.07, 6.45) is 5.98. The Kier molecular flexibility index (Phi) is 2.11. The molecule has 2 aromatic rings. The molecule has 0 saturated carbocycles. The number of nitrogens with one attached hydrogen (secondary N) is 1. The molecule has 4 nitrogen and oxygen atoms in total. The first-order valence-corrected chi connectivity index (χ1v) is 5.46. The third kappa shape index (κ3) is 1.41. The van der Waals surface area contributed by atoms with Gasteiger partial charge in [-0.05, 0) is 25.5 Å². The number of hydrogen-bond donors (Lipinski definition) is 1. The highest BCUT2D eigenvalue weighted by Gasteiger charge is 2.23. The van der Waals surface area contributed by atoms with Crippen molar-refractivity contribution in [3.63, 3.8) is 0 Å². The topological polar surface area (TPSA) is 42.2 Å². The molecule has 1 aliphatic rings. The number of fused-ring (bicyclic) bond motifs is 1. The van der Waals surface area contributed by atoms with Crippen molar-refractivity contribution in [2.75, 3.05) is 6.54 Å². The molecule has 0 radical (unpaired) electrons. The molecule has 0 amide bonds. The lowest BCUT2D eigenvalue weighted by Crippen LogP contribution is -2.15. The van der Waals surface area contributed by atoms with Crippen molar-refractivity contribution in [1.82, 2.24) is 19.7 Å². The smallest absolute Gasteiger partial charge is 0.235 e. The highest BCUT2D eigenvalue weighted by molar-refractivity contribution is 6.30. The van der Waals surface area contributed by atoms with E-state index in [9.17, 15) is 0 Å². The number of imidazole rings is 1. The number of nitrogens with zero attached hydrogens (tertiary/aromatic N) is 3. The fourth-order valence-electron chi connectivity index (χ4n) is 2.11. The summed E-state index contributed by atoms with van der Waals surface area (Å²) in [6.45, 7) is 1.05. The fourth-order valence-corrected chi connectivity index (χ4v) is 2.41. The van der Waals surface area contributed by atoms with E-state index in [2.05, 4.69) is 15.3 Å². The first-order valence-electron chi connectivity index (χ1n) is 5.08. The van der Waals surface area contributed by atoms with Crippen LogP contribution in [0.15, 0.2) is 18.5 Å². The van der Waals surface area contributed by atoms with Crippen molar-refractivity contribution in [3.05, 3.63) is 29.3 Å². The molecule has 3 rings (SSSR count).